The average molecular weight is 589 g/mol. The van der Waals surface area contributed by atoms with Crippen LogP contribution in [0.4, 0.5) is 4.79 Å². The molecule has 1 aliphatic rings. The van der Waals surface area contributed by atoms with Crippen molar-refractivity contribution in [3.63, 3.8) is 0 Å². The summed E-state index contributed by atoms with van der Waals surface area (Å²) in [5.74, 6) is 0.934. The van der Waals surface area contributed by atoms with Gasteiger partial charge in [-0.1, -0.05) is 75.7 Å². The predicted molar refractivity (Wildman–Crippen MR) is 170 cm³/mol. The minimum atomic E-state index is -0.902. The van der Waals surface area contributed by atoms with Gasteiger partial charge in [-0.3, -0.25) is 9.59 Å². The van der Waals surface area contributed by atoms with E-state index in [1.54, 1.807) is 20.8 Å². The highest BCUT2D eigenvalue weighted by molar-refractivity contribution is 5.88. The summed E-state index contributed by atoms with van der Waals surface area (Å²) in [6, 6.07) is 16.1. The van der Waals surface area contributed by atoms with Gasteiger partial charge < -0.3 is 25.7 Å². The molecule has 2 aromatic carbocycles. The maximum Gasteiger partial charge on any atom is 0.408 e. The van der Waals surface area contributed by atoms with E-state index in [1.807, 2.05) is 60.8 Å². The molecular formula is C35H48N4O4. The number of alkyl carbamates (subject to hydrolysis) is 1. The highest BCUT2D eigenvalue weighted by Gasteiger charge is 2.36. The summed E-state index contributed by atoms with van der Waals surface area (Å²) >= 11 is 0. The number of carbonyl (C=O) groups excluding carboxylic acids is 3. The lowest BCUT2D eigenvalue weighted by atomic mass is 9.70. The standard InChI is InChI=1S/C35H48N4O4/c1-22(2)26-17-16-23(3)18-28(26)32(40)37-21-31(24-12-8-7-9-13-24)38-33(41)30(39-34(42)43-35(4,5)6)19-25-20-36-29-15-11-10-14-27(25)29/h7-15,20,22-23,26,28,30-31,36H,16-19,21H2,1-6H3,(H,37,40)(H,38,41)(H,39,42)/t23-,26+,28-,30+,31-/m1/s1. The molecule has 0 saturated heterocycles. The van der Waals surface area contributed by atoms with Crippen molar-refractivity contribution in [1.82, 2.24) is 20.9 Å². The zero-order chi connectivity index (χ0) is 31.1. The molecule has 0 radical (unpaired) electrons. The van der Waals surface area contributed by atoms with Crippen LogP contribution < -0.4 is 16.0 Å². The molecule has 8 heteroatoms. The van der Waals surface area contributed by atoms with Crippen molar-refractivity contribution in [2.75, 3.05) is 6.54 Å². The van der Waals surface area contributed by atoms with Crippen molar-refractivity contribution in [2.45, 2.75) is 84.9 Å². The Hall–Kier alpha value is -3.81. The van der Waals surface area contributed by atoms with E-state index in [4.69, 9.17) is 4.74 Å². The summed E-state index contributed by atoms with van der Waals surface area (Å²) in [4.78, 5) is 43.5. The van der Waals surface area contributed by atoms with Crippen molar-refractivity contribution in [2.24, 2.45) is 23.7 Å². The third-order valence-corrected chi connectivity index (χ3v) is 8.46. The van der Waals surface area contributed by atoms with E-state index in [0.29, 0.717) is 17.8 Å². The number of ether oxygens (including phenoxy) is 1. The minimum Gasteiger partial charge on any atom is -0.444 e. The fourth-order valence-corrected chi connectivity index (χ4v) is 6.23. The van der Waals surface area contributed by atoms with Crippen molar-refractivity contribution < 1.29 is 19.1 Å². The van der Waals surface area contributed by atoms with Gasteiger partial charge in [-0.25, -0.2) is 4.79 Å². The normalized spacial score (nSPS) is 20.3. The van der Waals surface area contributed by atoms with Crippen LogP contribution in [-0.4, -0.2) is 41.1 Å². The fraction of sp³-hybridized carbons (Fsp3) is 0.514. The van der Waals surface area contributed by atoms with Crippen molar-refractivity contribution >= 4 is 28.8 Å². The lowest BCUT2D eigenvalue weighted by Crippen LogP contribution is -2.51. The van der Waals surface area contributed by atoms with Gasteiger partial charge in [0.15, 0.2) is 0 Å². The number of carbonyl (C=O) groups is 3. The van der Waals surface area contributed by atoms with Gasteiger partial charge in [-0.05, 0) is 68.6 Å². The molecule has 4 N–H and O–H groups in total. The van der Waals surface area contributed by atoms with Crippen LogP contribution in [0.1, 0.15) is 78.0 Å². The summed E-state index contributed by atoms with van der Waals surface area (Å²) in [7, 11) is 0. The number of fused-ring (bicyclic) bond motifs is 1. The zero-order valence-corrected chi connectivity index (χ0v) is 26.4. The van der Waals surface area contributed by atoms with Crippen LogP contribution in [0.25, 0.3) is 10.9 Å². The van der Waals surface area contributed by atoms with Crippen LogP contribution in [0.3, 0.4) is 0 Å². The second kappa shape index (κ2) is 14.1. The number of benzene rings is 2. The lowest BCUT2D eigenvalue weighted by Gasteiger charge is -2.36. The number of H-pyrrole nitrogens is 1. The van der Waals surface area contributed by atoms with Crippen molar-refractivity contribution in [3.8, 4) is 0 Å². The Morgan fingerprint density at radius 3 is 2.37 bits per heavy atom. The predicted octanol–water partition coefficient (Wildman–Crippen LogP) is 6.29. The second-order valence-corrected chi connectivity index (χ2v) is 13.4. The Morgan fingerprint density at radius 2 is 1.67 bits per heavy atom. The molecule has 1 fully saturated rings. The first-order chi connectivity index (χ1) is 20.4. The first kappa shape index (κ1) is 32.1. The van der Waals surface area contributed by atoms with Crippen LogP contribution >= 0.6 is 0 Å². The Balaban J connectivity index is 1.54. The topological polar surface area (TPSA) is 112 Å². The van der Waals surface area contributed by atoms with Crippen molar-refractivity contribution in [1.29, 1.82) is 0 Å². The van der Waals surface area contributed by atoms with E-state index in [9.17, 15) is 14.4 Å². The number of nitrogens with one attached hydrogen (secondary N) is 4. The van der Waals surface area contributed by atoms with Gasteiger partial charge in [-0.15, -0.1) is 0 Å². The molecule has 5 atom stereocenters. The highest BCUT2D eigenvalue weighted by Crippen LogP contribution is 2.38. The Morgan fingerprint density at radius 1 is 0.977 bits per heavy atom. The Kier molecular flexibility index (Phi) is 10.5. The lowest BCUT2D eigenvalue weighted by molar-refractivity contribution is -0.130. The number of hydrogen-bond donors (Lipinski definition) is 4. The molecule has 3 amide bonds. The van der Waals surface area contributed by atoms with Gasteiger partial charge in [0.05, 0.1) is 6.04 Å². The maximum absolute atomic E-state index is 13.9. The van der Waals surface area contributed by atoms with Crippen molar-refractivity contribution in [3.05, 3.63) is 71.9 Å². The van der Waals surface area contributed by atoms with E-state index >= 15 is 0 Å². The van der Waals surface area contributed by atoms with Gasteiger partial charge in [0.25, 0.3) is 0 Å². The number of para-hydroxylation sites is 1. The third kappa shape index (κ3) is 8.85. The Labute approximate surface area is 255 Å². The smallest absolute Gasteiger partial charge is 0.408 e. The molecule has 8 nitrogen and oxygen atoms in total. The third-order valence-electron chi connectivity index (χ3n) is 8.46. The summed E-state index contributed by atoms with van der Waals surface area (Å²) in [5.41, 5.74) is 2.02. The molecule has 1 aromatic heterocycles. The highest BCUT2D eigenvalue weighted by atomic mass is 16.6. The molecule has 1 aliphatic carbocycles. The van der Waals surface area contributed by atoms with Gasteiger partial charge in [0.2, 0.25) is 11.8 Å². The van der Waals surface area contributed by atoms with E-state index in [2.05, 4.69) is 41.7 Å². The zero-order valence-electron chi connectivity index (χ0n) is 26.4. The molecule has 1 saturated carbocycles. The van der Waals surface area contributed by atoms with Gasteiger partial charge in [0, 0.05) is 36.0 Å². The maximum atomic E-state index is 13.9. The molecule has 3 aromatic rings. The summed E-state index contributed by atoms with van der Waals surface area (Å²) in [5, 5.41) is 10.1. The van der Waals surface area contributed by atoms with E-state index in [-0.39, 0.29) is 30.7 Å². The summed E-state index contributed by atoms with van der Waals surface area (Å²) in [6.07, 6.45) is 4.55. The quantitative estimate of drug-likeness (QED) is 0.223. The van der Waals surface area contributed by atoms with Gasteiger partial charge >= 0.3 is 6.09 Å². The van der Waals surface area contributed by atoms with E-state index in [0.717, 1.165) is 41.3 Å². The average Bonchev–Trinajstić information content (AvgIpc) is 3.36. The summed E-state index contributed by atoms with van der Waals surface area (Å²) in [6.45, 7) is 12.2. The molecular weight excluding hydrogens is 540 g/mol. The molecule has 0 aliphatic heterocycles. The molecule has 0 unspecified atom stereocenters. The van der Waals surface area contributed by atoms with Crippen LogP contribution in [0, 0.1) is 23.7 Å². The van der Waals surface area contributed by atoms with Gasteiger partial charge in [0.1, 0.15) is 11.6 Å². The number of hydrogen-bond acceptors (Lipinski definition) is 4. The largest absolute Gasteiger partial charge is 0.444 e. The summed E-state index contributed by atoms with van der Waals surface area (Å²) < 4.78 is 5.50. The van der Waals surface area contributed by atoms with E-state index < -0.39 is 23.8 Å². The molecule has 1 heterocycles. The molecule has 0 bridgehead atoms. The Bertz CT molecular complexity index is 1380. The minimum absolute atomic E-state index is 0.0423. The fourth-order valence-electron chi connectivity index (χ4n) is 6.23. The second-order valence-electron chi connectivity index (χ2n) is 13.4. The molecule has 43 heavy (non-hydrogen) atoms. The van der Waals surface area contributed by atoms with Crippen LogP contribution in [0.5, 0.6) is 0 Å². The first-order valence-corrected chi connectivity index (χ1v) is 15.6. The SMILES string of the molecule is CC(C)[C@@H]1CC[C@@H](C)C[C@H]1C(=O)NC[C@@H](NC(=O)[C@H](Cc1c[nH]c2ccccc12)NC(=O)OC(C)(C)C)c1ccccc1. The first-order valence-electron chi connectivity index (χ1n) is 15.6. The number of amides is 3. The van der Waals surface area contributed by atoms with Gasteiger partial charge in [-0.2, -0.15) is 0 Å². The monoisotopic (exact) mass is 588 g/mol. The number of aromatic amines is 1. The van der Waals surface area contributed by atoms with Crippen LogP contribution in [-0.2, 0) is 20.7 Å². The van der Waals surface area contributed by atoms with Crippen LogP contribution in [0.2, 0.25) is 0 Å². The van der Waals surface area contributed by atoms with Crippen LogP contribution in [0.15, 0.2) is 60.8 Å². The molecule has 232 valence electrons. The van der Waals surface area contributed by atoms with E-state index in [1.165, 1.54) is 0 Å². The molecule has 0 spiro atoms. The number of aromatic nitrogens is 1. The number of rotatable bonds is 10. The molecule has 4 rings (SSSR count).